The molecule has 0 spiro atoms. The van der Waals surface area contributed by atoms with E-state index in [2.05, 4.69) is 34.7 Å². The molecule has 1 aromatic heterocycles. The second kappa shape index (κ2) is 5.59. The zero-order valence-electron chi connectivity index (χ0n) is 9.00. The van der Waals surface area contributed by atoms with Gasteiger partial charge in [0.2, 0.25) is 5.89 Å². The summed E-state index contributed by atoms with van der Waals surface area (Å²) in [4.78, 5) is 0. The van der Waals surface area contributed by atoms with Crippen LogP contribution in [0.4, 0.5) is 6.01 Å². The summed E-state index contributed by atoms with van der Waals surface area (Å²) < 4.78 is 5.34. The molecule has 0 amide bonds. The van der Waals surface area contributed by atoms with Crippen LogP contribution in [-0.4, -0.2) is 23.3 Å². The van der Waals surface area contributed by atoms with E-state index in [1.165, 1.54) is 0 Å². The maximum Gasteiger partial charge on any atom is 0.315 e. The Morgan fingerprint density at radius 2 is 2.14 bits per heavy atom. The molecule has 0 bridgehead atoms. The van der Waals surface area contributed by atoms with Crippen LogP contribution in [0, 0.1) is 5.92 Å². The number of rotatable bonds is 6. The summed E-state index contributed by atoms with van der Waals surface area (Å²) in [6.07, 6.45) is 0. The minimum absolute atomic E-state index is 0.506. The van der Waals surface area contributed by atoms with E-state index in [1.54, 1.807) is 0 Å². The summed E-state index contributed by atoms with van der Waals surface area (Å²) in [6, 6.07) is 0.506. The lowest BCUT2D eigenvalue weighted by Gasteiger charge is -2.02. The van der Waals surface area contributed by atoms with Crippen molar-refractivity contribution in [3.05, 3.63) is 5.89 Å². The van der Waals surface area contributed by atoms with E-state index in [0.29, 0.717) is 24.4 Å². The largest absolute Gasteiger partial charge is 0.407 e. The van der Waals surface area contributed by atoms with Crippen molar-refractivity contribution >= 4 is 6.01 Å². The third-order valence-corrected chi connectivity index (χ3v) is 1.65. The van der Waals surface area contributed by atoms with Gasteiger partial charge in [-0.1, -0.05) is 25.9 Å². The lowest BCUT2D eigenvalue weighted by atomic mass is 10.2. The molecule has 0 saturated heterocycles. The molecule has 5 nitrogen and oxygen atoms in total. The molecular weight excluding hydrogens is 180 g/mol. The van der Waals surface area contributed by atoms with Crippen molar-refractivity contribution in [1.29, 1.82) is 0 Å². The van der Waals surface area contributed by atoms with Crippen molar-refractivity contribution in [2.24, 2.45) is 5.92 Å². The van der Waals surface area contributed by atoms with Gasteiger partial charge < -0.3 is 15.1 Å². The molecular formula is C9H18N4O. The Hall–Kier alpha value is -1.10. The fourth-order valence-corrected chi connectivity index (χ4v) is 0.920. The van der Waals surface area contributed by atoms with Gasteiger partial charge in [0.05, 0.1) is 6.54 Å². The van der Waals surface area contributed by atoms with Crippen molar-refractivity contribution in [3.63, 3.8) is 0 Å². The molecule has 0 fully saturated rings. The molecule has 80 valence electrons. The summed E-state index contributed by atoms with van der Waals surface area (Å²) >= 11 is 0. The number of nitrogens with one attached hydrogen (secondary N) is 2. The van der Waals surface area contributed by atoms with Crippen LogP contribution in [0.1, 0.15) is 26.7 Å². The molecule has 0 aliphatic carbocycles. The number of hydrogen-bond donors (Lipinski definition) is 2. The summed E-state index contributed by atoms with van der Waals surface area (Å²) in [6.45, 7) is 8.67. The van der Waals surface area contributed by atoms with Gasteiger partial charge in [-0.2, -0.15) is 0 Å². The van der Waals surface area contributed by atoms with Crippen molar-refractivity contribution in [1.82, 2.24) is 15.5 Å². The Morgan fingerprint density at radius 3 is 2.79 bits per heavy atom. The fourth-order valence-electron chi connectivity index (χ4n) is 0.920. The van der Waals surface area contributed by atoms with Gasteiger partial charge >= 0.3 is 6.01 Å². The van der Waals surface area contributed by atoms with Gasteiger partial charge in [-0.3, -0.25) is 0 Å². The first kappa shape index (κ1) is 11.0. The van der Waals surface area contributed by atoms with Crippen LogP contribution in [-0.2, 0) is 6.54 Å². The molecule has 5 heteroatoms. The van der Waals surface area contributed by atoms with Crippen LogP contribution in [0.3, 0.4) is 0 Å². The molecule has 14 heavy (non-hydrogen) atoms. The highest BCUT2D eigenvalue weighted by Crippen LogP contribution is 2.05. The summed E-state index contributed by atoms with van der Waals surface area (Å²) in [5.41, 5.74) is 0. The second-order valence-corrected chi connectivity index (χ2v) is 3.56. The Bertz CT molecular complexity index is 259. The first-order valence-corrected chi connectivity index (χ1v) is 4.99. The maximum absolute atomic E-state index is 5.34. The molecule has 2 N–H and O–H groups in total. The first-order valence-electron chi connectivity index (χ1n) is 4.99. The predicted octanol–water partition coefficient (Wildman–Crippen LogP) is 1.25. The van der Waals surface area contributed by atoms with E-state index in [1.807, 2.05) is 6.92 Å². The Morgan fingerprint density at radius 1 is 1.36 bits per heavy atom. The predicted molar refractivity (Wildman–Crippen MR) is 55.0 cm³/mol. The molecule has 0 atom stereocenters. The third-order valence-electron chi connectivity index (χ3n) is 1.65. The average Bonchev–Trinajstić information content (AvgIpc) is 2.59. The van der Waals surface area contributed by atoms with Gasteiger partial charge in [0, 0.05) is 6.54 Å². The third kappa shape index (κ3) is 3.74. The van der Waals surface area contributed by atoms with Crippen molar-refractivity contribution in [2.75, 3.05) is 18.4 Å². The zero-order valence-corrected chi connectivity index (χ0v) is 9.00. The van der Waals surface area contributed by atoms with Gasteiger partial charge in [-0.15, -0.1) is 5.10 Å². The topological polar surface area (TPSA) is 63.0 Å². The molecule has 0 aromatic carbocycles. The van der Waals surface area contributed by atoms with E-state index in [0.717, 1.165) is 13.1 Å². The molecule has 0 aliphatic heterocycles. The molecule has 0 saturated carbocycles. The monoisotopic (exact) mass is 198 g/mol. The molecule has 1 aromatic rings. The highest BCUT2D eigenvalue weighted by Gasteiger charge is 2.04. The molecule has 1 rings (SSSR count). The molecule has 1 heterocycles. The van der Waals surface area contributed by atoms with Gasteiger partial charge in [0.15, 0.2) is 0 Å². The van der Waals surface area contributed by atoms with Gasteiger partial charge in [0.1, 0.15) is 0 Å². The minimum Gasteiger partial charge on any atom is -0.407 e. The van der Waals surface area contributed by atoms with Gasteiger partial charge in [-0.05, 0) is 12.5 Å². The second-order valence-electron chi connectivity index (χ2n) is 3.56. The Labute approximate surface area is 84.3 Å². The van der Waals surface area contributed by atoms with Crippen molar-refractivity contribution < 1.29 is 4.42 Å². The first-order chi connectivity index (χ1) is 6.72. The maximum atomic E-state index is 5.34. The van der Waals surface area contributed by atoms with Crippen LogP contribution < -0.4 is 10.6 Å². The van der Waals surface area contributed by atoms with Crippen LogP contribution in [0.25, 0.3) is 0 Å². The average molecular weight is 198 g/mol. The van der Waals surface area contributed by atoms with Crippen molar-refractivity contribution in [2.45, 2.75) is 27.3 Å². The summed E-state index contributed by atoms with van der Waals surface area (Å²) in [5, 5.41) is 14.0. The Balaban J connectivity index is 2.35. The quantitative estimate of drug-likeness (QED) is 0.720. The highest BCUT2D eigenvalue weighted by molar-refractivity contribution is 5.16. The standard InChI is InChI=1S/C9H18N4O/c1-4-10-6-8-12-13-9(14-8)11-5-7(2)3/h7,10H,4-6H2,1-3H3,(H,11,13). The smallest absolute Gasteiger partial charge is 0.315 e. The van der Waals surface area contributed by atoms with Crippen LogP contribution >= 0.6 is 0 Å². The zero-order chi connectivity index (χ0) is 10.4. The summed E-state index contributed by atoms with van der Waals surface area (Å²) in [5.74, 6) is 1.19. The lowest BCUT2D eigenvalue weighted by Crippen LogP contribution is -2.11. The minimum atomic E-state index is 0.506. The normalized spacial score (nSPS) is 10.9. The lowest BCUT2D eigenvalue weighted by molar-refractivity contribution is 0.478. The van der Waals surface area contributed by atoms with Crippen molar-refractivity contribution in [3.8, 4) is 0 Å². The van der Waals surface area contributed by atoms with E-state index in [9.17, 15) is 0 Å². The fraction of sp³-hybridized carbons (Fsp3) is 0.778. The van der Waals surface area contributed by atoms with Crippen LogP contribution in [0.2, 0.25) is 0 Å². The highest BCUT2D eigenvalue weighted by atomic mass is 16.4. The summed E-state index contributed by atoms with van der Waals surface area (Å²) in [7, 11) is 0. The van der Waals surface area contributed by atoms with Crippen LogP contribution in [0.5, 0.6) is 0 Å². The van der Waals surface area contributed by atoms with E-state index in [-0.39, 0.29) is 0 Å². The number of nitrogens with zero attached hydrogens (tertiary/aromatic N) is 2. The Kier molecular flexibility index (Phi) is 4.39. The van der Waals surface area contributed by atoms with Crippen LogP contribution in [0.15, 0.2) is 4.42 Å². The number of hydrogen-bond acceptors (Lipinski definition) is 5. The molecule has 0 unspecified atom stereocenters. The number of anilines is 1. The SMILES string of the molecule is CCNCc1nnc(NCC(C)C)o1. The van der Waals surface area contributed by atoms with E-state index < -0.39 is 0 Å². The van der Waals surface area contributed by atoms with E-state index in [4.69, 9.17) is 4.42 Å². The van der Waals surface area contributed by atoms with Gasteiger partial charge in [-0.25, -0.2) is 0 Å². The van der Waals surface area contributed by atoms with E-state index >= 15 is 0 Å². The number of aromatic nitrogens is 2. The molecule has 0 radical (unpaired) electrons. The van der Waals surface area contributed by atoms with Gasteiger partial charge in [0.25, 0.3) is 0 Å². The molecule has 0 aliphatic rings.